The van der Waals surface area contributed by atoms with Gasteiger partial charge in [-0.2, -0.15) is 0 Å². The number of aliphatic carboxylic acids is 1. The zero-order chi connectivity index (χ0) is 16.2. The summed E-state index contributed by atoms with van der Waals surface area (Å²) in [7, 11) is 1.56. The summed E-state index contributed by atoms with van der Waals surface area (Å²) in [6.07, 6.45) is 1.50. The molecule has 6 heteroatoms. The number of aryl methyl sites for hydroxylation is 1. The number of carboxylic acids is 1. The molecule has 116 valence electrons. The SMILES string of the molecule is Cc1ccn(C(C(=O)N(C)CCC(=O)O)C(C)C)c(=O)c1. The van der Waals surface area contributed by atoms with Gasteiger partial charge in [-0.05, 0) is 24.5 Å². The second kappa shape index (κ2) is 7.06. The molecule has 0 radical (unpaired) electrons. The van der Waals surface area contributed by atoms with Crippen LogP contribution in [-0.4, -0.2) is 40.0 Å². The van der Waals surface area contributed by atoms with Crippen molar-refractivity contribution >= 4 is 11.9 Å². The van der Waals surface area contributed by atoms with Gasteiger partial charge in [-0.15, -0.1) is 0 Å². The van der Waals surface area contributed by atoms with E-state index in [9.17, 15) is 14.4 Å². The van der Waals surface area contributed by atoms with Crippen LogP contribution < -0.4 is 5.56 Å². The molecule has 0 bridgehead atoms. The minimum absolute atomic E-state index is 0.0785. The standard InChI is InChI=1S/C15H22N2O4/c1-10(2)14(15(21)16(4)7-6-13(19)20)17-8-5-11(3)9-12(17)18/h5,8-10,14H,6-7H2,1-4H3,(H,19,20). The first kappa shape index (κ1) is 16.9. The number of pyridine rings is 1. The lowest BCUT2D eigenvalue weighted by Gasteiger charge is -2.27. The topological polar surface area (TPSA) is 79.6 Å². The van der Waals surface area contributed by atoms with Crippen molar-refractivity contribution in [3.63, 3.8) is 0 Å². The predicted molar refractivity (Wildman–Crippen MR) is 79.2 cm³/mol. The summed E-state index contributed by atoms with van der Waals surface area (Å²) in [5, 5.41) is 8.69. The fourth-order valence-electron chi connectivity index (χ4n) is 2.14. The van der Waals surface area contributed by atoms with Gasteiger partial charge in [-0.1, -0.05) is 13.8 Å². The van der Waals surface area contributed by atoms with Crippen LogP contribution in [0.2, 0.25) is 0 Å². The fraction of sp³-hybridized carbons (Fsp3) is 0.533. The average Bonchev–Trinajstić information content (AvgIpc) is 2.38. The van der Waals surface area contributed by atoms with Crippen LogP contribution in [0.25, 0.3) is 0 Å². The van der Waals surface area contributed by atoms with E-state index in [0.29, 0.717) is 0 Å². The lowest BCUT2D eigenvalue weighted by molar-refractivity contribution is -0.139. The molecule has 1 aromatic rings. The van der Waals surface area contributed by atoms with Gasteiger partial charge in [0.1, 0.15) is 6.04 Å². The molecule has 1 aromatic heterocycles. The summed E-state index contributed by atoms with van der Waals surface area (Å²) in [5.41, 5.74) is 0.610. The molecule has 1 atom stereocenters. The molecule has 1 rings (SSSR count). The van der Waals surface area contributed by atoms with Crippen molar-refractivity contribution < 1.29 is 14.7 Å². The van der Waals surface area contributed by atoms with Crippen molar-refractivity contribution in [2.45, 2.75) is 33.2 Å². The third kappa shape index (κ3) is 4.44. The van der Waals surface area contributed by atoms with Gasteiger partial charge in [0.25, 0.3) is 5.56 Å². The Morgan fingerprint density at radius 2 is 2.00 bits per heavy atom. The number of aromatic nitrogens is 1. The number of rotatable bonds is 6. The maximum atomic E-state index is 12.5. The van der Waals surface area contributed by atoms with E-state index in [1.807, 2.05) is 20.8 Å². The van der Waals surface area contributed by atoms with Crippen LogP contribution in [0.1, 0.15) is 31.9 Å². The van der Waals surface area contributed by atoms with E-state index in [4.69, 9.17) is 5.11 Å². The highest BCUT2D eigenvalue weighted by Crippen LogP contribution is 2.18. The molecule has 0 fully saturated rings. The van der Waals surface area contributed by atoms with E-state index in [-0.39, 0.29) is 30.3 Å². The molecule has 1 heterocycles. The molecule has 6 nitrogen and oxygen atoms in total. The first-order valence-corrected chi connectivity index (χ1v) is 6.89. The lowest BCUT2D eigenvalue weighted by atomic mass is 10.0. The maximum absolute atomic E-state index is 12.5. The highest BCUT2D eigenvalue weighted by atomic mass is 16.4. The second-order valence-corrected chi connectivity index (χ2v) is 5.54. The molecular weight excluding hydrogens is 272 g/mol. The Labute approximate surface area is 124 Å². The summed E-state index contributed by atoms with van der Waals surface area (Å²) in [6.45, 7) is 5.66. The number of carbonyl (C=O) groups excluding carboxylic acids is 1. The number of hydrogen-bond acceptors (Lipinski definition) is 3. The Balaban J connectivity index is 3.03. The van der Waals surface area contributed by atoms with Crippen LogP contribution in [0.3, 0.4) is 0 Å². The van der Waals surface area contributed by atoms with Gasteiger partial charge in [0.05, 0.1) is 6.42 Å². The van der Waals surface area contributed by atoms with E-state index in [1.165, 1.54) is 15.5 Å². The van der Waals surface area contributed by atoms with E-state index in [0.717, 1.165) is 5.56 Å². The third-order valence-electron chi connectivity index (χ3n) is 3.33. The molecule has 1 N–H and O–H groups in total. The zero-order valence-electron chi connectivity index (χ0n) is 12.9. The molecule has 0 spiro atoms. The highest BCUT2D eigenvalue weighted by Gasteiger charge is 2.27. The van der Waals surface area contributed by atoms with Gasteiger partial charge in [0.15, 0.2) is 0 Å². The Kier molecular flexibility index (Phi) is 5.69. The van der Waals surface area contributed by atoms with Crippen molar-refractivity contribution in [2.24, 2.45) is 5.92 Å². The van der Waals surface area contributed by atoms with Crippen LogP contribution in [0.5, 0.6) is 0 Å². The number of nitrogens with zero attached hydrogens (tertiary/aromatic N) is 2. The minimum atomic E-state index is -0.955. The van der Waals surface area contributed by atoms with Crippen LogP contribution in [0.15, 0.2) is 23.1 Å². The molecule has 0 aliphatic rings. The minimum Gasteiger partial charge on any atom is -0.481 e. The monoisotopic (exact) mass is 294 g/mol. The summed E-state index contributed by atoms with van der Waals surface area (Å²) in [4.78, 5) is 36.5. The second-order valence-electron chi connectivity index (χ2n) is 5.54. The molecular formula is C15H22N2O4. The number of carbonyl (C=O) groups is 2. The third-order valence-corrected chi connectivity index (χ3v) is 3.33. The van der Waals surface area contributed by atoms with E-state index in [2.05, 4.69) is 0 Å². The summed E-state index contributed by atoms with van der Waals surface area (Å²) in [5.74, 6) is -1.29. The van der Waals surface area contributed by atoms with Gasteiger partial charge < -0.3 is 14.6 Å². The molecule has 0 aromatic carbocycles. The van der Waals surface area contributed by atoms with Gasteiger partial charge in [-0.25, -0.2) is 0 Å². The molecule has 21 heavy (non-hydrogen) atoms. The van der Waals surface area contributed by atoms with Crippen molar-refractivity contribution in [2.75, 3.05) is 13.6 Å². The van der Waals surface area contributed by atoms with Crippen LogP contribution in [0.4, 0.5) is 0 Å². The Morgan fingerprint density at radius 1 is 1.38 bits per heavy atom. The first-order valence-electron chi connectivity index (χ1n) is 6.89. The summed E-state index contributed by atoms with van der Waals surface area (Å²) in [6, 6.07) is 2.64. The van der Waals surface area contributed by atoms with E-state index < -0.39 is 12.0 Å². The highest BCUT2D eigenvalue weighted by molar-refractivity contribution is 5.81. The number of carboxylic acid groups (broad SMARTS) is 1. The normalized spacial score (nSPS) is 12.2. The lowest BCUT2D eigenvalue weighted by Crippen LogP contribution is -2.41. The number of likely N-dealkylation sites (N-methyl/N-ethyl adjacent to an activating group) is 1. The van der Waals surface area contributed by atoms with Crippen molar-refractivity contribution in [1.82, 2.24) is 9.47 Å². The summed E-state index contributed by atoms with van der Waals surface area (Å²) < 4.78 is 1.41. The Morgan fingerprint density at radius 3 is 2.48 bits per heavy atom. The van der Waals surface area contributed by atoms with Crippen molar-refractivity contribution in [1.29, 1.82) is 0 Å². The van der Waals surface area contributed by atoms with Gasteiger partial charge in [-0.3, -0.25) is 14.4 Å². The van der Waals surface area contributed by atoms with Gasteiger partial charge >= 0.3 is 5.97 Å². The predicted octanol–water partition coefficient (Wildman–Crippen LogP) is 1.29. The average molecular weight is 294 g/mol. The van der Waals surface area contributed by atoms with Crippen molar-refractivity contribution in [3.05, 3.63) is 34.2 Å². The van der Waals surface area contributed by atoms with Gasteiger partial charge in [0.2, 0.25) is 5.91 Å². The van der Waals surface area contributed by atoms with E-state index in [1.54, 1.807) is 19.3 Å². The largest absolute Gasteiger partial charge is 0.481 e. The maximum Gasteiger partial charge on any atom is 0.305 e. The zero-order valence-corrected chi connectivity index (χ0v) is 12.9. The van der Waals surface area contributed by atoms with Crippen LogP contribution in [0, 0.1) is 12.8 Å². The number of hydrogen-bond donors (Lipinski definition) is 1. The smallest absolute Gasteiger partial charge is 0.305 e. The van der Waals surface area contributed by atoms with Crippen molar-refractivity contribution in [3.8, 4) is 0 Å². The number of amides is 1. The first-order chi connectivity index (χ1) is 9.73. The van der Waals surface area contributed by atoms with E-state index >= 15 is 0 Å². The summed E-state index contributed by atoms with van der Waals surface area (Å²) >= 11 is 0. The molecule has 0 aliphatic heterocycles. The Hall–Kier alpha value is -2.11. The Bertz CT molecular complexity index is 577. The molecule has 0 aliphatic carbocycles. The molecule has 0 saturated carbocycles. The molecule has 0 saturated heterocycles. The van der Waals surface area contributed by atoms with Gasteiger partial charge in [0, 0.05) is 25.9 Å². The fourth-order valence-corrected chi connectivity index (χ4v) is 2.14. The quantitative estimate of drug-likeness (QED) is 0.857. The molecule has 1 unspecified atom stereocenters. The van der Waals surface area contributed by atoms with Crippen LogP contribution >= 0.6 is 0 Å². The van der Waals surface area contributed by atoms with Crippen LogP contribution in [-0.2, 0) is 9.59 Å². The molecule has 1 amide bonds.